The number of esters is 2. The summed E-state index contributed by atoms with van der Waals surface area (Å²) >= 11 is 0. The maximum atomic E-state index is 12.1. The Labute approximate surface area is 106 Å². The zero-order chi connectivity index (χ0) is 13.5. The Hall–Kier alpha value is -1.36. The lowest BCUT2D eigenvalue weighted by molar-refractivity contribution is -0.167. The van der Waals surface area contributed by atoms with E-state index in [2.05, 4.69) is 0 Å². The number of carbonyl (C=O) groups is 2. The van der Waals surface area contributed by atoms with Crippen LogP contribution in [-0.2, 0) is 23.8 Å². The molecule has 0 aromatic carbocycles. The molecule has 0 amide bonds. The van der Waals surface area contributed by atoms with E-state index in [1.165, 1.54) is 6.92 Å². The van der Waals surface area contributed by atoms with Crippen molar-refractivity contribution in [3.8, 4) is 0 Å². The van der Waals surface area contributed by atoms with Crippen LogP contribution in [0, 0.1) is 5.92 Å². The molecule has 0 saturated carbocycles. The summed E-state index contributed by atoms with van der Waals surface area (Å²) in [6.45, 7) is 6.72. The molecule has 0 radical (unpaired) electrons. The number of rotatable bonds is 2. The molecular weight excluding hydrogens is 236 g/mol. The van der Waals surface area contributed by atoms with Crippen LogP contribution in [-0.4, -0.2) is 35.9 Å². The van der Waals surface area contributed by atoms with E-state index in [-0.39, 0.29) is 18.2 Å². The molecule has 1 saturated heterocycles. The van der Waals surface area contributed by atoms with Crippen molar-refractivity contribution < 1.29 is 23.8 Å². The molecule has 0 aliphatic carbocycles. The Morgan fingerprint density at radius 1 is 1.17 bits per heavy atom. The van der Waals surface area contributed by atoms with Gasteiger partial charge in [-0.3, -0.25) is 9.59 Å². The van der Waals surface area contributed by atoms with Gasteiger partial charge in [0, 0.05) is 6.92 Å². The van der Waals surface area contributed by atoms with Gasteiger partial charge in [-0.25, -0.2) is 0 Å². The minimum absolute atomic E-state index is 0.337. The summed E-state index contributed by atoms with van der Waals surface area (Å²) in [5.41, 5.74) is -0.566. The molecule has 2 heterocycles. The van der Waals surface area contributed by atoms with Gasteiger partial charge >= 0.3 is 11.9 Å². The Morgan fingerprint density at radius 3 is 2.33 bits per heavy atom. The molecule has 0 aromatic rings. The van der Waals surface area contributed by atoms with E-state index in [0.717, 1.165) is 0 Å². The summed E-state index contributed by atoms with van der Waals surface area (Å²) in [7, 11) is 0. The monoisotopic (exact) mass is 254 g/mol. The quantitative estimate of drug-likeness (QED) is 0.547. The van der Waals surface area contributed by atoms with Gasteiger partial charge in [0.05, 0.1) is 6.10 Å². The molecule has 2 aliphatic rings. The second-order valence-corrected chi connectivity index (χ2v) is 5.58. The second-order valence-electron chi connectivity index (χ2n) is 5.58. The summed E-state index contributed by atoms with van der Waals surface area (Å²) in [6, 6.07) is 0. The maximum Gasteiger partial charge on any atom is 0.316 e. The van der Waals surface area contributed by atoms with Crippen molar-refractivity contribution in [3.05, 3.63) is 12.2 Å². The topological polar surface area (TPSA) is 61.8 Å². The van der Waals surface area contributed by atoms with Gasteiger partial charge in [-0.05, 0) is 20.8 Å². The summed E-state index contributed by atoms with van der Waals surface area (Å²) in [5, 5.41) is 0. The minimum atomic E-state index is -0.577. The highest BCUT2D eigenvalue weighted by atomic mass is 16.6. The standard InChI is InChI=1S/C13H18O5/c1-7(14)16-11-9-6-5-8(17-9)10(11)12(15)18-13(2,3)4/h5-6,8-11H,1-4H3. The van der Waals surface area contributed by atoms with Crippen LogP contribution in [0.1, 0.15) is 27.7 Å². The number of fused-ring (bicyclic) bond motifs is 2. The minimum Gasteiger partial charge on any atom is -0.460 e. The van der Waals surface area contributed by atoms with Crippen LogP contribution in [0.25, 0.3) is 0 Å². The van der Waals surface area contributed by atoms with Gasteiger partial charge in [0.25, 0.3) is 0 Å². The SMILES string of the molecule is CC(=O)OC1C2C=CC(O2)C1C(=O)OC(C)(C)C. The van der Waals surface area contributed by atoms with E-state index in [9.17, 15) is 9.59 Å². The first-order valence-corrected chi connectivity index (χ1v) is 6.02. The molecule has 5 heteroatoms. The fourth-order valence-electron chi connectivity index (χ4n) is 2.24. The van der Waals surface area contributed by atoms with Crippen molar-refractivity contribution in [2.75, 3.05) is 0 Å². The first-order chi connectivity index (χ1) is 8.28. The summed E-state index contributed by atoms with van der Waals surface area (Å²) in [5.74, 6) is -1.37. The molecule has 0 N–H and O–H groups in total. The van der Waals surface area contributed by atoms with Crippen LogP contribution in [0.15, 0.2) is 12.2 Å². The summed E-state index contributed by atoms with van der Waals surface area (Å²) < 4.78 is 16.1. The average Bonchev–Trinajstić information content (AvgIpc) is 2.73. The molecule has 2 bridgehead atoms. The predicted octanol–water partition coefficient (Wildman–Crippen LogP) is 1.21. The highest BCUT2D eigenvalue weighted by molar-refractivity contribution is 5.77. The zero-order valence-electron chi connectivity index (χ0n) is 11.0. The van der Waals surface area contributed by atoms with E-state index >= 15 is 0 Å². The highest BCUT2D eigenvalue weighted by Gasteiger charge is 2.53. The van der Waals surface area contributed by atoms with E-state index < -0.39 is 23.6 Å². The van der Waals surface area contributed by atoms with Crippen molar-refractivity contribution in [3.63, 3.8) is 0 Å². The smallest absolute Gasteiger partial charge is 0.316 e. The third-order valence-corrected chi connectivity index (χ3v) is 2.82. The zero-order valence-corrected chi connectivity index (χ0v) is 11.0. The molecule has 4 unspecified atom stereocenters. The molecule has 2 rings (SSSR count). The molecule has 1 fully saturated rings. The Morgan fingerprint density at radius 2 is 1.78 bits per heavy atom. The van der Waals surface area contributed by atoms with Crippen LogP contribution in [0.5, 0.6) is 0 Å². The van der Waals surface area contributed by atoms with Gasteiger partial charge in [-0.15, -0.1) is 0 Å². The second kappa shape index (κ2) is 4.39. The molecule has 18 heavy (non-hydrogen) atoms. The van der Waals surface area contributed by atoms with E-state index in [1.54, 1.807) is 20.8 Å². The number of carbonyl (C=O) groups excluding carboxylic acids is 2. The van der Waals surface area contributed by atoms with E-state index in [0.29, 0.717) is 0 Å². The summed E-state index contributed by atoms with van der Waals surface area (Å²) in [6.07, 6.45) is 2.37. The average molecular weight is 254 g/mol. The van der Waals surface area contributed by atoms with Gasteiger partial charge < -0.3 is 14.2 Å². The number of ether oxygens (including phenoxy) is 3. The fraction of sp³-hybridized carbons (Fsp3) is 0.692. The lowest BCUT2D eigenvalue weighted by atomic mass is 9.91. The van der Waals surface area contributed by atoms with E-state index in [4.69, 9.17) is 14.2 Å². The predicted molar refractivity (Wildman–Crippen MR) is 62.7 cm³/mol. The third-order valence-electron chi connectivity index (χ3n) is 2.82. The van der Waals surface area contributed by atoms with E-state index in [1.807, 2.05) is 12.2 Å². The largest absolute Gasteiger partial charge is 0.460 e. The summed E-state index contributed by atoms with van der Waals surface area (Å²) in [4.78, 5) is 23.2. The molecule has 0 aromatic heterocycles. The molecule has 4 atom stereocenters. The first-order valence-electron chi connectivity index (χ1n) is 6.02. The van der Waals surface area contributed by atoms with Crippen molar-refractivity contribution in [1.29, 1.82) is 0 Å². The van der Waals surface area contributed by atoms with Crippen LogP contribution < -0.4 is 0 Å². The fourth-order valence-corrected chi connectivity index (χ4v) is 2.24. The van der Waals surface area contributed by atoms with Gasteiger partial charge in [-0.1, -0.05) is 12.2 Å². The Bertz CT molecular complexity index is 393. The van der Waals surface area contributed by atoms with Crippen LogP contribution in [0.2, 0.25) is 0 Å². The molecule has 100 valence electrons. The van der Waals surface area contributed by atoms with Gasteiger partial charge in [0.1, 0.15) is 23.7 Å². The maximum absolute atomic E-state index is 12.1. The van der Waals surface area contributed by atoms with Gasteiger partial charge in [0.15, 0.2) is 0 Å². The van der Waals surface area contributed by atoms with Crippen molar-refractivity contribution in [2.45, 2.75) is 51.6 Å². The lowest BCUT2D eigenvalue weighted by Crippen LogP contribution is -2.41. The Kier molecular flexibility index (Phi) is 3.19. The highest BCUT2D eigenvalue weighted by Crippen LogP contribution is 2.37. The molecular formula is C13H18O5. The van der Waals surface area contributed by atoms with Crippen LogP contribution in [0.3, 0.4) is 0 Å². The molecule has 0 spiro atoms. The Balaban J connectivity index is 2.12. The third kappa shape index (κ3) is 2.56. The van der Waals surface area contributed by atoms with Gasteiger partial charge in [0.2, 0.25) is 0 Å². The van der Waals surface area contributed by atoms with Crippen molar-refractivity contribution >= 4 is 11.9 Å². The van der Waals surface area contributed by atoms with Crippen molar-refractivity contribution in [1.82, 2.24) is 0 Å². The van der Waals surface area contributed by atoms with Crippen LogP contribution in [0.4, 0.5) is 0 Å². The molecule has 2 aliphatic heterocycles. The molecule has 5 nitrogen and oxygen atoms in total. The lowest BCUT2D eigenvalue weighted by Gasteiger charge is -2.27. The number of hydrogen-bond donors (Lipinski definition) is 0. The van der Waals surface area contributed by atoms with Crippen LogP contribution >= 0.6 is 0 Å². The van der Waals surface area contributed by atoms with Crippen molar-refractivity contribution in [2.24, 2.45) is 5.92 Å². The first kappa shape index (κ1) is 13.1. The van der Waals surface area contributed by atoms with Gasteiger partial charge in [-0.2, -0.15) is 0 Å². The normalized spacial score (nSPS) is 33.6. The number of hydrogen-bond acceptors (Lipinski definition) is 5.